The van der Waals surface area contributed by atoms with Crippen LogP contribution in [0.15, 0.2) is 61.1 Å². The van der Waals surface area contributed by atoms with Crippen LogP contribution in [0.4, 0.5) is 20.3 Å². The van der Waals surface area contributed by atoms with Gasteiger partial charge in [0, 0.05) is 55.0 Å². The number of benzene rings is 2. The van der Waals surface area contributed by atoms with Gasteiger partial charge >= 0.3 is 0 Å². The Morgan fingerprint density at radius 3 is 2.38 bits per heavy atom. The van der Waals surface area contributed by atoms with Gasteiger partial charge in [0.1, 0.15) is 6.33 Å². The summed E-state index contributed by atoms with van der Waals surface area (Å²) in [7, 11) is 0. The van der Waals surface area contributed by atoms with Crippen LogP contribution in [0.2, 0.25) is 0 Å². The standard InChI is InChI=1S/C26H28F2N6O.C3H7N/c1-3-33-10-12-34(13-11-33)15-18-4-6-19(7-5-18)32-25-24(28)26(30-16-29-25)35-22-9-8-21-20(23(22)27)14-17(2)31-21;1-3(2)4/h4-9,14,16,31H,3,10-13,15H2,1-2H3,(H,29,30,32);1,4H2,2H3. The van der Waals surface area contributed by atoms with Crippen molar-refractivity contribution >= 4 is 22.4 Å². The van der Waals surface area contributed by atoms with E-state index in [2.05, 4.69) is 43.6 Å². The van der Waals surface area contributed by atoms with E-state index in [9.17, 15) is 4.39 Å². The number of aromatic amines is 1. The highest BCUT2D eigenvalue weighted by Gasteiger charge is 2.18. The number of rotatable bonds is 7. The zero-order chi connectivity index (χ0) is 27.9. The number of nitrogens with zero attached hydrogens (tertiary/aromatic N) is 4. The van der Waals surface area contributed by atoms with Crippen LogP contribution in [0.5, 0.6) is 11.6 Å². The van der Waals surface area contributed by atoms with E-state index in [1.54, 1.807) is 19.1 Å². The molecule has 0 amide bonds. The molecule has 8 nitrogen and oxygen atoms in total. The molecule has 1 aliphatic rings. The van der Waals surface area contributed by atoms with Crippen molar-refractivity contribution in [1.29, 1.82) is 0 Å². The van der Waals surface area contributed by atoms with Crippen molar-refractivity contribution < 1.29 is 13.5 Å². The number of hydrogen-bond donors (Lipinski definition) is 3. The Hall–Kier alpha value is -4.02. The van der Waals surface area contributed by atoms with Gasteiger partial charge in [-0.1, -0.05) is 25.6 Å². The molecule has 0 bridgehead atoms. The summed E-state index contributed by atoms with van der Waals surface area (Å²) in [6.07, 6.45) is 1.18. The van der Waals surface area contributed by atoms with Gasteiger partial charge in [-0.25, -0.2) is 9.37 Å². The SMILES string of the molecule is C=C(C)N.CCN1CCN(Cc2ccc(Nc3ncnc(Oc4ccc5[nH]c(C)cc5c4F)c3F)cc2)CC1. The molecule has 3 heterocycles. The smallest absolute Gasteiger partial charge is 0.261 e. The lowest BCUT2D eigenvalue weighted by Crippen LogP contribution is -2.45. The lowest BCUT2D eigenvalue weighted by atomic mass is 10.1. The molecule has 0 aliphatic carbocycles. The van der Waals surface area contributed by atoms with Gasteiger partial charge in [-0.15, -0.1) is 0 Å². The number of allylic oxidation sites excluding steroid dienone is 1. The molecule has 206 valence electrons. The number of hydrogen-bond acceptors (Lipinski definition) is 7. The molecular weight excluding hydrogens is 500 g/mol. The summed E-state index contributed by atoms with van der Waals surface area (Å²) in [5, 5.41) is 3.34. The highest BCUT2D eigenvalue weighted by atomic mass is 19.1. The minimum atomic E-state index is -0.796. The van der Waals surface area contributed by atoms with Gasteiger partial charge in [-0.05, 0) is 62.0 Å². The lowest BCUT2D eigenvalue weighted by molar-refractivity contribution is 0.132. The third-order valence-electron chi connectivity index (χ3n) is 6.34. The highest BCUT2D eigenvalue weighted by molar-refractivity contribution is 5.82. The Labute approximate surface area is 227 Å². The Kier molecular flexibility index (Phi) is 9.11. The van der Waals surface area contributed by atoms with Crippen LogP contribution in [0.25, 0.3) is 10.9 Å². The molecular formula is C29H35F2N7O. The molecule has 1 saturated heterocycles. The number of piperazine rings is 1. The zero-order valence-corrected chi connectivity index (χ0v) is 22.6. The predicted octanol–water partition coefficient (Wildman–Crippen LogP) is 5.70. The molecule has 10 heteroatoms. The average Bonchev–Trinajstić information content (AvgIpc) is 3.30. The van der Waals surface area contributed by atoms with Crippen LogP contribution >= 0.6 is 0 Å². The summed E-state index contributed by atoms with van der Waals surface area (Å²) >= 11 is 0. The molecule has 1 aliphatic heterocycles. The predicted molar refractivity (Wildman–Crippen MR) is 151 cm³/mol. The average molecular weight is 536 g/mol. The molecule has 5 rings (SSSR count). The van der Waals surface area contributed by atoms with E-state index < -0.39 is 11.6 Å². The van der Waals surface area contributed by atoms with Crippen molar-refractivity contribution in [3.05, 3.63) is 84.0 Å². The number of nitrogens with one attached hydrogen (secondary N) is 2. The molecule has 0 unspecified atom stereocenters. The van der Waals surface area contributed by atoms with E-state index in [0.717, 1.165) is 45.0 Å². The molecule has 2 aromatic heterocycles. The van der Waals surface area contributed by atoms with Crippen molar-refractivity contribution in [3.63, 3.8) is 0 Å². The first kappa shape index (κ1) is 28.0. The summed E-state index contributed by atoms with van der Waals surface area (Å²) in [5.74, 6) is -1.88. The summed E-state index contributed by atoms with van der Waals surface area (Å²) < 4.78 is 35.4. The van der Waals surface area contributed by atoms with Crippen molar-refractivity contribution in [2.24, 2.45) is 5.73 Å². The number of fused-ring (bicyclic) bond motifs is 1. The molecule has 0 atom stereocenters. The van der Waals surface area contributed by atoms with Crippen molar-refractivity contribution in [2.45, 2.75) is 27.3 Å². The van der Waals surface area contributed by atoms with Crippen LogP contribution in [-0.2, 0) is 6.54 Å². The van der Waals surface area contributed by atoms with Crippen molar-refractivity contribution in [2.75, 3.05) is 38.0 Å². The maximum atomic E-state index is 15.1. The van der Waals surface area contributed by atoms with Crippen LogP contribution in [0.3, 0.4) is 0 Å². The lowest BCUT2D eigenvalue weighted by Gasteiger charge is -2.34. The number of H-pyrrole nitrogens is 1. The van der Waals surface area contributed by atoms with Crippen LogP contribution in [0, 0.1) is 18.6 Å². The Balaban J connectivity index is 0.000000826. The monoisotopic (exact) mass is 535 g/mol. The summed E-state index contributed by atoms with van der Waals surface area (Å²) in [6, 6.07) is 12.6. The van der Waals surface area contributed by atoms with E-state index in [4.69, 9.17) is 10.5 Å². The molecule has 39 heavy (non-hydrogen) atoms. The maximum Gasteiger partial charge on any atom is 0.261 e. The number of halogens is 2. The van der Waals surface area contributed by atoms with E-state index in [1.165, 1.54) is 18.0 Å². The molecule has 4 aromatic rings. The van der Waals surface area contributed by atoms with Crippen molar-refractivity contribution in [3.8, 4) is 11.6 Å². The van der Waals surface area contributed by atoms with Gasteiger partial charge in [-0.2, -0.15) is 9.37 Å². The number of ether oxygens (including phenoxy) is 1. The summed E-state index contributed by atoms with van der Waals surface area (Å²) in [4.78, 5) is 15.8. The van der Waals surface area contributed by atoms with E-state index in [0.29, 0.717) is 22.3 Å². The maximum absolute atomic E-state index is 15.1. The normalized spacial score (nSPS) is 14.1. The Morgan fingerprint density at radius 2 is 1.72 bits per heavy atom. The fourth-order valence-corrected chi connectivity index (χ4v) is 4.34. The second-order valence-corrected chi connectivity index (χ2v) is 9.61. The first-order valence-corrected chi connectivity index (χ1v) is 12.9. The Morgan fingerprint density at radius 1 is 1.05 bits per heavy atom. The van der Waals surface area contributed by atoms with Gasteiger partial charge in [0.2, 0.25) is 5.82 Å². The fraction of sp³-hybridized carbons (Fsp3) is 0.310. The van der Waals surface area contributed by atoms with Gasteiger partial charge in [0.25, 0.3) is 5.88 Å². The third kappa shape index (κ3) is 7.30. The first-order valence-electron chi connectivity index (χ1n) is 12.9. The minimum Gasteiger partial charge on any atom is -0.433 e. The highest BCUT2D eigenvalue weighted by Crippen LogP contribution is 2.32. The van der Waals surface area contributed by atoms with Gasteiger partial charge in [-0.3, -0.25) is 4.90 Å². The van der Waals surface area contributed by atoms with Crippen LogP contribution < -0.4 is 15.8 Å². The first-order chi connectivity index (χ1) is 18.7. The largest absolute Gasteiger partial charge is 0.433 e. The molecule has 4 N–H and O–H groups in total. The third-order valence-corrected chi connectivity index (χ3v) is 6.34. The number of likely N-dealkylation sites (N-methyl/N-ethyl adjacent to an activating group) is 1. The molecule has 1 fully saturated rings. The minimum absolute atomic E-state index is 0.0441. The quantitative estimate of drug-likeness (QED) is 0.280. The van der Waals surface area contributed by atoms with E-state index in [-0.39, 0.29) is 17.4 Å². The number of nitrogens with two attached hydrogens (primary N) is 1. The second-order valence-electron chi connectivity index (χ2n) is 9.61. The van der Waals surface area contributed by atoms with E-state index in [1.807, 2.05) is 31.2 Å². The van der Waals surface area contributed by atoms with Crippen LogP contribution in [0.1, 0.15) is 25.1 Å². The van der Waals surface area contributed by atoms with Gasteiger partial charge in [0.15, 0.2) is 17.4 Å². The molecule has 0 radical (unpaired) electrons. The Bertz CT molecular complexity index is 1410. The molecule has 2 aromatic carbocycles. The fourth-order valence-electron chi connectivity index (χ4n) is 4.34. The summed E-state index contributed by atoms with van der Waals surface area (Å²) in [6.45, 7) is 15.4. The van der Waals surface area contributed by atoms with Gasteiger partial charge < -0.3 is 25.7 Å². The van der Waals surface area contributed by atoms with Crippen molar-refractivity contribution in [1.82, 2.24) is 24.8 Å². The van der Waals surface area contributed by atoms with E-state index >= 15 is 4.39 Å². The number of aromatic nitrogens is 3. The topological polar surface area (TPSA) is 95.3 Å². The molecule has 0 spiro atoms. The zero-order valence-electron chi connectivity index (χ0n) is 22.6. The second kappa shape index (κ2) is 12.7. The number of aryl methyl sites for hydroxylation is 1. The van der Waals surface area contributed by atoms with Gasteiger partial charge in [0.05, 0.1) is 0 Å². The van der Waals surface area contributed by atoms with Crippen LogP contribution in [-0.4, -0.2) is 57.5 Å². The molecule has 0 saturated carbocycles. The summed E-state index contributed by atoms with van der Waals surface area (Å²) in [5.41, 5.74) is 8.92. The number of anilines is 2.